The maximum Gasteiger partial charge on any atom is 0.338 e. The lowest BCUT2D eigenvalue weighted by molar-refractivity contribution is -0.162. The van der Waals surface area contributed by atoms with Crippen LogP contribution in [0.25, 0.3) is 10.9 Å². The third-order valence-corrected chi connectivity index (χ3v) is 4.73. The summed E-state index contributed by atoms with van der Waals surface area (Å²) in [5.74, 6) is -2.32. The number of nitrogens with zero attached hydrogens (tertiary/aromatic N) is 1. The summed E-state index contributed by atoms with van der Waals surface area (Å²) in [7, 11) is 1.92. The SMILES string of the molecule is Cn1cc(CCC(N)(C(=O)O)C(=O)OCc2ccccc2)c2ccccc21. The number of esters is 1. The van der Waals surface area contributed by atoms with Crippen LogP contribution in [0.5, 0.6) is 0 Å². The number of carboxylic acid groups (broad SMARTS) is 1. The quantitative estimate of drug-likeness (QED) is 0.495. The fraction of sp³-hybridized carbons (Fsp3) is 0.238. The topological polar surface area (TPSA) is 94.5 Å². The van der Waals surface area contributed by atoms with Crippen LogP contribution in [0.4, 0.5) is 0 Å². The van der Waals surface area contributed by atoms with Crippen molar-refractivity contribution < 1.29 is 19.4 Å². The van der Waals surface area contributed by atoms with Gasteiger partial charge in [0.2, 0.25) is 5.54 Å². The van der Waals surface area contributed by atoms with Crippen molar-refractivity contribution in [3.05, 3.63) is 71.9 Å². The molecule has 1 aromatic heterocycles. The standard InChI is InChI=1S/C21H22N2O4/c1-23-13-16(17-9-5-6-10-18(17)23)11-12-21(22,19(24)25)20(26)27-14-15-7-3-2-4-8-15/h2-10,13H,11-12,14,22H2,1H3,(H,24,25). The Labute approximate surface area is 157 Å². The minimum Gasteiger partial charge on any atom is -0.479 e. The zero-order valence-corrected chi connectivity index (χ0v) is 15.1. The Kier molecular flexibility index (Phi) is 5.28. The Balaban J connectivity index is 1.74. The molecule has 0 spiro atoms. The normalized spacial score (nSPS) is 13.3. The highest BCUT2D eigenvalue weighted by Crippen LogP contribution is 2.24. The molecule has 1 unspecified atom stereocenters. The van der Waals surface area contributed by atoms with E-state index in [1.54, 1.807) is 12.1 Å². The summed E-state index contributed by atoms with van der Waals surface area (Å²) in [5, 5.41) is 10.6. The largest absolute Gasteiger partial charge is 0.479 e. The summed E-state index contributed by atoms with van der Waals surface area (Å²) < 4.78 is 7.16. The third kappa shape index (κ3) is 3.85. The molecular formula is C21H22N2O4. The average molecular weight is 366 g/mol. The van der Waals surface area contributed by atoms with E-state index in [0.29, 0.717) is 6.42 Å². The molecule has 6 heteroatoms. The lowest BCUT2D eigenvalue weighted by atomic mass is 9.92. The summed E-state index contributed by atoms with van der Waals surface area (Å²) >= 11 is 0. The van der Waals surface area contributed by atoms with E-state index in [9.17, 15) is 14.7 Å². The number of rotatable bonds is 7. The molecule has 0 aliphatic rings. The van der Waals surface area contributed by atoms with Crippen molar-refractivity contribution in [3.8, 4) is 0 Å². The van der Waals surface area contributed by atoms with Gasteiger partial charge >= 0.3 is 11.9 Å². The Bertz CT molecular complexity index is 965. The summed E-state index contributed by atoms with van der Waals surface area (Å²) in [4.78, 5) is 24.2. The van der Waals surface area contributed by atoms with Gasteiger partial charge < -0.3 is 20.1 Å². The van der Waals surface area contributed by atoms with E-state index in [-0.39, 0.29) is 13.0 Å². The fourth-order valence-corrected chi connectivity index (χ4v) is 3.10. The van der Waals surface area contributed by atoms with E-state index in [4.69, 9.17) is 10.5 Å². The third-order valence-electron chi connectivity index (χ3n) is 4.73. The van der Waals surface area contributed by atoms with Crippen molar-refractivity contribution in [1.29, 1.82) is 0 Å². The number of fused-ring (bicyclic) bond motifs is 1. The number of nitrogens with two attached hydrogens (primary N) is 1. The first kappa shape index (κ1) is 18.7. The summed E-state index contributed by atoms with van der Waals surface area (Å²) in [5.41, 5.74) is 6.63. The Morgan fingerprint density at radius 2 is 1.78 bits per heavy atom. The number of carbonyl (C=O) groups is 2. The van der Waals surface area contributed by atoms with Crippen LogP contribution in [0.2, 0.25) is 0 Å². The minimum absolute atomic E-state index is 0.0137. The van der Waals surface area contributed by atoms with Crippen molar-refractivity contribution in [3.63, 3.8) is 0 Å². The molecule has 3 N–H and O–H groups in total. The number of carbonyl (C=O) groups excluding carboxylic acids is 1. The second kappa shape index (κ2) is 7.63. The number of benzene rings is 2. The summed E-state index contributed by atoms with van der Waals surface area (Å²) in [6.45, 7) is -0.0137. The van der Waals surface area contributed by atoms with Gasteiger partial charge in [0.1, 0.15) is 6.61 Å². The van der Waals surface area contributed by atoms with Gasteiger partial charge in [0.15, 0.2) is 0 Å². The van der Waals surface area contributed by atoms with E-state index in [1.807, 2.05) is 60.3 Å². The first-order valence-corrected chi connectivity index (χ1v) is 8.68. The second-order valence-electron chi connectivity index (χ2n) is 6.62. The monoisotopic (exact) mass is 366 g/mol. The van der Waals surface area contributed by atoms with E-state index >= 15 is 0 Å². The molecule has 0 amide bonds. The van der Waals surface area contributed by atoms with Crippen LogP contribution in [0.1, 0.15) is 17.5 Å². The number of ether oxygens (including phenoxy) is 1. The van der Waals surface area contributed by atoms with Gasteiger partial charge in [-0.1, -0.05) is 48.5 Å². The number of para-hydroxylation sites is 1. The summed E-state index contributed by atoms with van der Waals surface area (Å²) in [6, 6.07) is 16.9. The van der Waals surface area contributed by atoms with Crippen molar-refractivity contribution in [1.82, 2.24) is 4.57 Å². The number of aliphatic carboxylic acids is 1. The highest BCUT2D eigenvalue weighted by atomic mass is 16.5. The first-order valence-electron chi connectivity index (χ1n) is 8.68. The van der Waals surface area contributed by atoms with E-state index in [0.717, 1.165) is 22.0 Å². The van der Waals surface area contributed by atoms with Crippen LogP contribution >= 0.6 is 0 Å². The lowest BCUT2D eigenvalue weighted by Gasteiger charge is -2.22. The molecular weight excluding hydrogens is 344 g/mol. The van der Waals surface area contributed by atoms with Crippen LogP contribution in [0.15, 0.2) is 60.8 Å². The zero-order valence-electron chi connectivity index (χ0n) is 15.1. The molecule has 1 atom stereocenters. The van der Waals surface area contributed by atoms with Gasteiger partial charge in [-0.25, -0.2) is 9.59 Å². The first-order chi connectivity index (χ1) is 12.9. The molecule has 0 aliphatic heterocycles. The Hall–Kier alpha value is -3.12. The molecule has 0 saturated carbocycles. The van der Waals surface area contributed by atoms with Crippen LogP contribution in [-0.2, 0) is 34.4 Å². The molecule has 27 heavy (non-hydrogen) atoms. The van der Waals surface area contributed by atoms with Gasteiger partial charge in [-0.2, -0.15) is 0 Å². The van der Waals surface area contributed by atoms with Gasteiger partial charge in [-0.15, -0.1) is 0 Å². The lowest BCUT2D eigenvalue weighted by Crippen LogP contribution is -2.56. The Morgan fingerprint density at radius 1 is 1.11 bits per heavy atom. The molecule has 0 bridgehead atoms. The number of hydrogen-bond acceptors (Lipinski definition) is 4. The van der Waals surface area contributed by atoms with Crippen LogP contribution in [0, 0.1) is 0 Å². The molecule has 0 saturated heterocycles. The fourth-order valence-electron chi connectivity index (χ4n) is 3.10. The smallest absolute Gasteiger partial charge is 0.338 e. The Morgan fingerprint density at radius 3 is 2.48 bits per heavy atom. The predicted molar refractivity (Wildman–Crippen MR) is 102 cm³/mol. The zero-order chi connectivity index (χ0) is 19.4. The van der Waals surface area contributed by atoms with E-state index < -0.39 is 17.5 Å². The molecule has 0 aliphatic carbocycles. The van der Waals surface area contributed by atoms with E-state index in [1.165, 1.54) is 0 Å². The molecule has 1 heterocycles. The molecule has 3 aromatic rings. The molecule has 3 rings (SSSR count). The van der Waals surface area contributed by atoms with Gasteiger partial charge in [-0.3, -0.25) is 0 Å². The molecule has 0 fully saturated rings. The van der Waals surface area contributed by atoms with Gasteiger partial charge in [0.25, 0.3) is 0 Å². The molecule has 6 nitrogen and oxygen atoms in total. The second-order valence-corrected chi connectivity index (χ2v) is 6.62. The number of aryl methyl sites for hydroxylation is 2. The molecule has 0 radical (unpaired) electrons. The number of hydrogen-bond donors (Lipinski definition) is 2. The van der Waals surface area contributed by atoms with Gasteiger partial charge in [0, 0.05) is 24.1 Å². The highest BCUT2D eigenvalue weighted by molar-refractivity contribution is 6.03. The highest BCUT2D eigenvalue weighted by Gasteiger charge is 2.43. The van der Waals surface area contributed by atoms with Gasteiger partial charge in [0.05, 0.1) is 0 Å². The number of carboxylic acids is 1. The van der Waals surface area contributed by atoms with Crippen LogP contribution in [0.3, 0.4) is 0 Å². The van der Waals surface area contributed by atoms with Crippen LogP contribution in [-0.4, -0.2) is 27.2 Å². The maximum absolute atomic E-state index is 12.4. The molecule has 140 valence electrons. The van der Waals surface area contributed by atoms with Crippen LogP contribution < -0.4 is 5.73 Å². The van der Waals surface area contributed by atoms with Gasteiger partial charge in [-0.05, 0) is 30.0 Å². The summed E-state index contributed by atoms with van der Waals surface area (Å²) in [6.07, 6.45) is 2.23. The minimum atomic E-state index is -2.09. The molecule has 2 aromatic carbocycles. The maximum atomic E-state index is 12.4. The van der Waals surface area contributed by atoms with E-state index in [2.05, 4.69) is 0 Å². The van der Waals surface area contributed by atoms with Crippen molar-refractivity contribution in [2.45, 2.75) is 25.0 Å². The average Bonchev–Trinajstić information content (AvgIpc) is 3.01. The van der Waals surface area contributed by atoms with Crippen molar-refractivity contribution in [2.75, 3.05) is 0 Å². The number of aromatic nitrogens is 1. The predicted octanol–water partition coefficient (Wildman–Crippen LogP) is 2.64. The van der Waals surface area contributed by atoms with Crippen molar-refractivity contribution >= 4 is 22.8 Å². The van der Waals surface area contributed by atoms with Crippen molar-refractivity contribution in [2.24, 2.45) is 12.8 Å².